The van der Waals surface area contributed by atoms with Crippen LogP contribution < -0.4 is 4.90 Å². The number of thiol groups is 1. The average Bonchev–Trinajstić information content (AvgIpc) is 2.50. The van der Waals surface area contributed by atoms with Crippen LogP contribution in [0.1, 0.15) is 6.42 Å². The zero-order chi connectivity index (χ0) is 11.0. The highest BCUT2D eigenvalue weighted by molar-refractivity contribution is 7.81. The van der Waals surface area contributed by atoms with Crippen LogP contribution in [0.25, 0.3) is 0 Å². The van der Waals surface area contributed by atoms with Gasteiger partial charge in [0.05, 0.1) is 10.7 Å². The third-order valence-electron chi connectivity index (χ3n) is 2.36. The molecule has 15 heavy (non-hydrogen) atoms. The topological polar surface area (TPSA) is 40.5 Å². The number of para-hydroxylation sites is 1. The SMILES string of the molecule is O=C1CC(S)CN1c1cccc(Cl)c1O. The molecular weight excluding hydrogens is 234 g/mol. The van der Waals surface area contributed by atoms with Gasteiger partial charge in [0.25, 0.3) is 0 Å². The van der Waals surface area contributed by atoms with Crippen molar-refractivity contribution in [3.63, 3.8) is 0 Å². The van der Waals surface area contributed by atoms with Crippen LogP contribution in [0.15, 0.2) is 18.2 Å². The molecule has 1 saturated heterocycles. The number of aromatic hydroxyl groups is 1. The zero-order valence-corrected chi connectivity index (χ0v) is 9.50. The molecule has 3 nitrogen and oxygen atoms in total. The number of hydrogen-bond donors (Lipinski definition) is 2. The summed E-state index contributed by atoms with van der Waals surface area (Å²) < 4.78 is 0. The molecule has 1 fully saturated rings. The number of amides is 1. The van der Waals surface area contributed by atoms with Crippen molar-refractivity contribution in [1.29, 1.82) is 0 Å². The lowest BCUT2D eigenvalue weighted by molar-refractivity contribution is -0.117. The van der Waals surface area contributed by atoms with Crippen molar-refractivity contribution in [2.24, 2.45) is 0 Å². The molecule has 1 aliphatic rings. The average molecular weight is 244 g/mol. The standard InChI is InChI=1S/C10H10ClNO2S/c11-7-2-1-3-8(10(7)14)12-5-6(15)4-9(12)13/h1-3,6,14-15H,4-5H2. The number of carbonyl (C=O) groups is 1. The molecule has 1 aromatic carbocycles. The Morgan fingerprint density at radius 2 is 2.27 bits per heavy atom. The molecule has 0 aliphatic carbocycles. The van der Waals surface area contributed by atoms with Gasteiger partial charge in [0.1, 0.15) is 0 Å². The number of phenolic OH excluding ortho intramolecular Hbond substituents is 1. The third-order valence-corrected chi connectivity index (χ3v) is 3.01. The number of hydrogen-bond acceptors (Lipinski definition) is 3. The van der Waals surface area contributed by atoms with Crippen LogP contribution >= 0.6 is 24.2 Å². The van der Waals surface area contributed by atoms with E-state index in [2.05, 4.69) is 12.6 Å². The molecule has 0 spiro atoms. The van der Waals surface area contributed by atoms with Crippen LogP contribution in [-0.4, -0.2) is 22.8 Å². The molecule has 1 N–H and O–H groups in total. The van der Waals surface area contributed by atoms with Crippen molar-refractivity contribution in [3.05, 3.63) is 23.2 Å². The van der Waals surface area contributed by atoms with Crippen molar-refractivity contribution < 1.29 is 9.90 Å². The second-order valence-corrected chi connectivity index (χ2v) is 4.61. The van der Waals surface area contributed by atoms with Gasteiger partial charge in [0, 0.05) is 18.2 Å². The van der Waals surface area contributed by atoms with E-state index in [1.165, 1.54) is 4.90 Å². The van der Waals surface area contributed by atoms with Gasteiger partial charge in [-0.2, -0.15) is 12.6 Å². The first-order valence-corrected chi connectivity index (χ1v) is 5.45. The molecule has 0 radical (unpaired) electrons. The maximum absolute atomic E-state index is 11.6. The summed E-state index contributed by atoms with van der Waals surface area (Å²) in [5, 5.41) is 9.99. The van der Waals surface area contributed by atoms with Gasteiger partial charge in [0.2, 0.25) is 5.91 Å². The molecule has 1 heterocycles. The molecule has 1 aromatic rings. The number of carbonyl (C=O) groups excluding carboxylic acids is 1. The van der Waals surface area contributed by atoms with Gasteiger partial charge in [-0.05, 0) is 12.1 Å². The number of rotatable bonds is 1. The van der Waals surface area contributed by atoms with Gasteiger partial charge in [-0.15, -0.1) is 0 Å². The van der Waals surface area contributed by atoms with Gasteiger partial charge < -0.3 is 10.0 Å². The Kier molecular flexibility index (Phi) is 2.80. The number of halogens is 1. The Morgan fingerprint density at radius 1 is 1.53 bits per heavy atom. The molecule has 0 aromatic heterocycles. The highest BCUT2D eigenvalue weighted by atomic mass is 35.5. The van der Waals surface area contributed by atoms with E-state index in [1.54, 1.807) is 18.2 Å². The Hall–Kier alpha value is -0.870. The van der Waals surface area contributed by atoms with Crippen LogP contribution in [-0.2, 0) is 4.79 Å². The first kappa shape index (κ1) is 10.6. The van der Waals surface area contributed by atoms with Crippen molar-refractivity contribution in [1.82, 2.24) is 0 Å². The minimum absolute atomic E-state index is 0.0240. The van der Waals surface area contributed by atoms with Gasteiger partial charge >= 0.3 is 0 Å². The van der Waals surface area contributed by atoms with Crippen molar-refractivity contribution in [2.45, 2.75) is 11.7 Å². The molecular formula is C10H10ClNO2S. The fraction of sp³-hybridized carbons (Fsp3) is 0.300. The van der Waals surface area contributed by atoms with E-state index < -0.39 is 0 Å². The molecule has 2 rings (SSSR count). The van der Waals surface area contributed by atoms with E-state index in [0.717, 1.165) is 0 Å². The predicted molar refractivity (Wildman–Crippen MR) is 62.9 cm³/mol. The van der Waals surface area contributed by atoms with E-state index in [0.29, 0.717) is 18.7 Å². The molecule has 1 aliphatic heterocycles. The summed E-state index contributed by atoms with van der Waals surface area (Å²) in [7, 11) is 0. The quantitative estimate of drug-likeness (QED) is 0.742. The van der Waals surface area contributed by atoms with Crippen molar-refractivity contribution in [3.8, 4) is 5.75 Å². The first-order chi connectivity index (χ1) is 7.09. The normalized spacial score (nSPS) is 21.1. The van der Waals surface area contributed by atoms with E-state index in [9.17, 15) is 9.90 Å². The van der Waals surface area contributed by atoms with E-state index in [4.69, 9.17) is 11.6 Å². The highest BCUT2D eigenvalue weighted by Crippen LogP contribution is 2.36. The summed E-state index contributed by atoms with van der Waals surface area (Å²) in [6, 6.07) is 4.96. The largest absolute Gasteiger partial charge is 0.504 e. The molecule has 0 saturated carbocycles. The Labute approximate surface area is 98.1 Å². The van der Waals surface area contributed by atoms with E-state index >= 15 is 0 Å². The van der Waals surface area contributed by atoms with Crippen molar-refractivity contribution >= 4 is 35.8 Å². The number of phenols is 1. The maximum Gasteiger partial charge on any atom is 0.228 e. The highest BCUT2D eigenvalue weighted by Gasteiger charge is 2.30. The lowest BCUT2D eigenvalue weighted by Gasteiger charge is -2.17. The van der Waals surface area contributed by atoms with Gasteiger partial charge in [-0.3, -0.25) is 4.79 Å². The molecule has 80 valence electrons. The Morgan fingerprint density at radius 3 is 2.87 bits per heavy atom. The first-order valence-electron chi connectivity index (χ1n) is 4.55. The van der Waals surface area contributed by atoms with E-state index in [-0.39, 0.29) is 21.9 Å². The Balaban J connectivity index is 2.38. The summed E-state index contributed by atoms with van der Waals surface area (Å²) in [5.74, 6) is -0.0810. The minimum Gasteiger partial charge on any atom is -0.504 e. The summed E-state index contributed by atoms with van der Waals surface area (Å²) in [6.07, 6.45) is 0.398. The fourth-order valence-corrected chi connectivity index (χ4v) is 2.13. The second-order valence-electron chi connectivity index (χ2n) is 3.47. The van der Waals surface area contributed by atoms with E-state index in [1.807, 2.05) is 0 Å². The number of benzene rings is 1. The van der Waals surface area contributed by atoms with Crippen LogP contribution in [0.4, 0.5) is 5.69 Å². The third kappa shape index (κ3) is 1.92. The van der Waals surface area contributed by atoms with Gasteiger partial charge in [0.15, 0.2) is 5.75 Å². The van der Waals surface area contributed by atoms with Crippen LogP contribution in [0, 0.1) is 0 Å². The molecule has 0 bridgehead atoms. The smallest absolute Gasteiger partial charge is 0.228 e. The van der Waals surface area contributed by atoms with Gasteiger partial charge in [-0.25, -0.2) is 0 Å². The molecule has 5 heteroatoms. The summed E-state index contributed by atoms with van der Waals surface area (Å²) in [5.41, 5.74) is 0.462. The molecule has 1 atom stereocenters. The van der Waals surface area contributed by atoms with Crippen LogP contribution in [0.5, 0.6) is 5.75 Å². The Bertz CT molecular complexity index is 410. The monoisotopic (exact) mass is 243 g/mol. The van der Waals surface area contributed by atoms with Gasteiger partial charge in [-0.1, -0.05) is 17.7 Å². The molecule has 1 unspecified atom stereocenters. The number of anilines is 1. The second kappa shape index (κ2) is 3.94. The minimum atomic E-state index is -0.0463. The molecule has 1 amide bonds. The maximum atomic E-state index is 11.6. The predicted octanol–water partition coefficient (Wildman–Crippen LogP) is 2.08. The summed E-state index contributed by atoms with van der Waals surface area (Å²) in [4.78, 5) is 13.1. The zero-order valence-electron chi connectivity index (χ0n) is 7.85. The summed E-state index contributed by atoms with van der Waals surface area (Å²) >= 11 is 10.0. The lowest BCUT2D eigenvalue weighted by atomic mass is 10.2. The van der Waals surface area contributed by atoms with Crippen LogP contribution in [0.2, 0.25) is 5.02 Å². The number of nitrogens with zero attached hydrogens (tertiary/aromatic N) is 1. The fourth-order valence-electron chi connectivity index (χ4n) is 1.64. The van der Waals surface area contributed by atoms with Crippen molar-refractivity contribution in [2.75, 3.05) is 11.4 Å². The van der Waals surface area contributed by atoms with Crippen LogP contribution in [0.3, 0.4) is 0 Å². The lowest BCUT2D eigenvalue weighted by Crippen LogP contribution is -2.24. The summed E-state index contributed by atoms with van der Waals surface area (Å²) in [6.45, 7) is 0.510.